The minimum absolute atomic E-state index is 0.0593. The zero-order valence-electron chi connectivity index (χ0n) is 17.1. The van der Waals surface area contributed by atoms with Crippen molar-refractivity contribution in [3.63, 3.8) is 0 Å². The third-order valence-electron chi connectivity index (χ3n) is 6.00. The lowest BCUT2D eigenvalue weighted by molar-refractivity contribution is 0.215. The number of nitriles is 1. The number of amides is 2. The summed E-state index contributed by atoms with van der Waals surface area (Å²) in [5.41, 5.74) is 2.53. The van der Waals surface area contributed by atoms with Gasteiger partial charge in [-0.25, -0.2) is 9.78 Å². The van der Waals surface area contributed by atoms with Crippen LogP contribution in [0.15, 0.2) is 24.3 Å². The van der Waals surface area contributed by atoms with Crippen LogP contribution in [-0.2, 0) is 13.0 Å². The van der Waals surface area contributed by atoms with Gasteiger partial charge in [0.25, 0.3) is 0 Å². The van der Waals surface area contributed by atoms with E-state index in [2.05, 4.69) is 6.07 Å². The number of anilines is 1. The Morgan fingerprint density at radius 1 is 1.28 bits per heavy atom. The molecule has 0 bridgehead atoms. The molecule has 1 aliphatic heterocycles. The van der Waals surface area contributed by atoms with E-state index in [0.29, 0.717) is 12.1 Å². The summed E-state index contributed by atoms with van der Waals surface area (Å²) in [5, 5.41) is 11.3. The molecule has 0 spiro atoms. The van der Waals surface area contributed by atoms with Gasteiger partial charge in [0.1, 0.15) is 5.00 Å². The van der Waals surface area contributed by atoms with Crippen LogP contribution >= 0.6 is 11.3 Å². The van der Waals surface area contributed by atoms with E-state index in [1.807, 2.05) is 34.9 Å². The van der Waals surface area contributed by atoms with E-state index < -0.39 is 0 Å². The summed E-state index contributed by atoms with van der Waals surface area (Å²) in [5.74, 6) is 0.739. The molecular weight excluding hydrogens is 380 g/mol. The highest BCUT2D eigenvalue weighted by atomic mass is 32.1. The Kier molecular flexibility index (Phi) is 6.15. The molecule has 0 atom stereocenters. The highest BCUT2D eigenvalue weighted by Gasteiger charge is 2.28. The van der Waals surface area contributed by atoms with Crippen molar-refractivity contribution < 1.29 is 4.79 Å². The number of thiazole rings is 1. The van der Waals surface area contributed by atoms with Crippen molar-refractivity contribution in [3.8, 4) is 6.07 Å². The Bertz CT molecular complexity index is 904. The van der Waals surface area contributed by atoms with Crippen LogP contribution in [0.3, 0.4) is 0 Å². The van der Waals surface area contributed by atoms with Crippen LogP contribution < -0.4 is 4.90 Å². The van der Waals surface area contributed by atoms with Crippen molar-refractivity contribution in [3.05, 3.63) is 46.1 Å². The van der Waals surface area contributed by atoms with Crippen LogP contribution in [0.1, 0.15) is 60.4 Å². The van der Waals surface area contributed by atoms with Gasteiger partial charge in [0.2, 0.25) is 0 Å². The van der Waals surface area contributed by atoms with Gasteiger partial charge < -0.3 is 4.90 Å². The van der Waals surface area contributed by atoms with Crippen LogP contribution in [0.2, 0.25) is 0 Å². The van der Waals surface area contributed by atoms with Gasteiger partial charge >= 0.3 is 6.03 Å². The molecule has 2 fully saturated rings. The maximum atomic E-state index is 13.4. The highest BCUT2D eigenvalue weighted by molar-refractivity contribution is 7.16. The van der Waals surface area contributed by atoms with Crippen molar-refractivity contribution in [2.24, 2.45) is 5.92 Å². The van der Waals surface area contributed by atoms with Gasteiger partial charge in [-0.05, 0) is 43.4 Å². The highest BCUT2D eigenvalue weighted by Crippen LogP contribution is 2.35. The van der Waals surface area contributed by atoms with Crippen molar-refractivity contribution in [2.75, 3.05) is 18.0 Å². The van der Waals surface area contributed by atoms with Gasteiger partial charge in [-0.1, -0.05) is 37.8 Å². The van der Waals surface area contributed by atoms with Gasteiger partial charge in [-0.2, -0.15) is 5.26 Å². The molecule has 1 aliphatic carbocycles. The molecule has 1 aromatic carbocycles. The Morgan fingerprint density at radius 2 is 2.03 bits per heavy atom. The quantitative estimate of drug-likeness (QED) is 0.676. The fourth-order valence-corrected chi connectivity index (χ4v) is 5.64. The maximum Gasteiger partial charge on any atom is 0.325 e. The molecule has 2 amide bonds. The van der Waals surface area contributed by atoms with E-state index in [1.165, 1.54) is 25.7 Å². The van der Waals surface area contributed by atoms with Crippen molar-refractivity contribution in [1.29, 1.82) is 5.26 Å². The lowest BCUT2D eigenvalue weighted by atomic mass is 10.1. The standard InChI is InChI=1S/C23H28N4OS/c1-17-22(29-21(25-17)14-18-7-2-3-8-18)27(23(28)26-11-4-5-12-26)16-20-10-6-9-19(13-20)15-24/h6,9-10,13,18H,2-5,7-8,11-12,14,16H2,1H3. The number of hydrogen-bond donors (Lipinski definition) is 0. The monoisotopic (exact) mass is 408 g/mol. The van der Waals surface area contributed by atoms with Crippen LogP contribution in [0, 0.1) is 24.2 Å². The predicted octanol–water partition coefficient (Wildman–Crippen LogP) is 5.28. The summed E-state index contributed by atoms with van der Waals surface area (Å²) in [6, 6.07) is 9.80. The van der Waals surface area contributed by atoms with E-state index in [4.69, 9.17) is 4.98 Å². The van der Waals surface area contributed by atoms with E-state index in [1.54, 1.807) is 17.4 Å². The van der Waals surface area contributed by atoms with E-state index >= 15 is 0 Å². The fraction of sp³-hybridized carbons (Fsp3) is 0.522. The number of rotatable bonds is 5. The van der Waals surface area contributed by atoms with Crippen molar-refractivity contribution in [2.45, 2.75) is 58.4 Å². The fourth-order valence-electron chi connectivity index (χ4n) is 4.47. The topological polar surface area (TPSA) is 60.2 Å². The van der Waals surface area contributed by atoms with Crippen LogP contribution in [0.25, 0.3) is 0 Å². The molecule has 1 saturated carbocycles. The minimum atomic E-state index is 0.0593. The first-order chi connectivity index (χ1) is 14.1. The van der Waals surface area contributed by atoms with E-state index in [-0.39, 0.29) is 6.03 Å². The molecule has 1 aromatic heterocycles. The van der Waals surface area contributed by atoms with Crippen molar-refractivity contribution in [1.82, 2.24) is 9.88 Å². The van der Waals surface area contributed by atoms with Crippen molar-refractivity contribution >= 4 is 22.4 Å². The van der Waals surface area contributed by atoms with Gasteiger partial charge in [0.15, 0.2) is 0 Å². The molecule has 2 aromatic rings. The Morgan fingerprint density at radius 3 is 2.76 bits per heavy atom. The van der Waals surface area contributed by atoms with Gasteiger partial charge in [0, 0.05) is 19.5 Å². The summed E-state index contributed by atoms with van der Waals surface area (Å²) < 4.78 is 0. The average molecular weight is 409 g/mol. The molecule has 5 nitrogen and oxygen atoms in total. The molecule has 0 N–H and O–H groups in total. The SMILES string of the molecule is Cc1nc(CC2CCCC2)sc1N(Cc1cccc(C#N)c1)C(=O)N1CCCC1. The molecule has 1 saturated heterocycles. The Balaban J connectivity index is 1.61. The summed E-state index contributed by atoms with van der Waals surface area (Å²) in [6.45, 7) is 4.12. The van der Waals surface area contributed by atoms with Crippen LogP contribution in [-0.4, -0.2) is 29.0 Å². The summed E-state index contributed by atoms with van der Waals surface area (Å²) in [4.78, 5) is 22.0. The van der Waals surface area contributed by atoms with Crippen LogP contribution in [0.4, 0.5) is 9.80 Å². The Labute approximate surface area is 177 Å². The van der Waals surface area contributed by atoms with E-state index in [9.17, 15) is 10.1 Å². The maximum absolute atomic E-state index is 13.4. The van der Waals surface area contributed by atoms with Crippen LogP contribution in [0.5, 0.6) is 0 Å². The van der Waals surface area contributed by atoms with Gasteiger partial charge in [-0.3, -0.25) is 4.90 Å². The third kappa shape index (κ3) is 4.62. The second kappa shape index (κ2) is 8.96. The number of aryl methyl sites for hydroxylation is 1. The molecule has 0 unspecified atom stereocenters. The molecule has 0 radical (unpaired) electrons. The second-order valence-corrected chi connectivity index (χ2v) is 9.29. The number of urea groups is 1. The number of carbonyl (C=O) groups is 1. The number of hydrogen-bond acceptors (Lipinski definition) is 4. The first-order valence-electron chi connectivity index (χ1n) is 10.7. The molecule has 29 heavy (non-hydrogen) atoms. The normalized spacial score (nSPS) is 16.9. The number of carbonyl (C=O) groups excluding carboxylic acids is 1. The summed E-state index contributed by atoms with van der Waals surface area (Å²) >= 11 is 1.67. The smallest absolute Gasteiger partial charge is 0.324 e. The lowest BCUT2D eigenvalue weighted by Gasteiger charge is -2.27. The molecule has 4 rings (SSSR count). The summed E-state index contributed by atoms with van der Waals surface area (Å²) in [7, 11) is 0. The number of aromatic nitrogens is 1. The molecule has 152 valence electrons. The zero-order chi connectivity index (χ0) is 20.2. The predicted molar refractivity (Wildman–Crippen MR) is 116 cm³/mol. The van der Waals surface area contributed by atoms with E-state index in [0.717, 1.165) is 59.5 Å². The molecule has 2 aliphatic rings. The first kappa shape index (κ1) is 19.9. The third-order valence-corrected chi connectivity index (χ3v) is 7.21. The summed E-state index contributed by atoms with van der Waals surface area (Å²) in [6.07, 6.45) is 8.42. The van der Waals surface area contributed by atoms with Gasteiger partial charge in [0.05, 0.1) is 28.9 Å². The molecular formula is C23H28N4OS. The number of likely N-dealkylation sites (tertiary alicyclic amines) is 1. The lowest BCUT2D eigenvalue weighted by Crippen LogP contribution is -2.41. The number of benzene rings is 1. The van der Waals surface area contributed by atoms with Gasteiger partial charge in [-0.15, -0.1) is 11.3 Å². The minimum Gasteiger partial charge on any atom is -0.324 e. The number of nitrogens with zero attached hydrogens (tertiary/aromatic N) is 4. The first-order valence-corrected chi connectivity index (χ1v) is 11.5. The molecule has 2 heterocycles. The second-order valence-electron chi connectivity index (χ2n) is 8.23. The Hall–Kier alpha value is -2.39. The largest absolute Gasteiger partial charge is 0.325 e. The zero-order valence-corrected chi connectivity index (χ0v) is 17.9. The molecule has 6 heteroatoms. The average Bonchev–Trinajstić information content (AvgIpc) is 3.49.